The molecule has 0 spiro atoms. The van der Waals surface area contributed by atoms with E-state index in [9.17, 15) is 8.42 Å². The Bertz CT molecular complexity index is 713. The van der Waals surface area contributed by atoms with Crippen molar-refractivity contribution in [3.8, 4) is 11.5 Å². The van der Waals surface area contributed by atoms with Crippen molar-refractivity contribution in [1.29, 1.82) is 0 Å². The molecular weight excluding hydrogens is 302 g/mol. The molecule has 1 aliphatic heterocycles. The fourth-order valence-electron chi connectivity index (χ4n) is 3.62. The first-order valence-corrected chi connectivity index (χ1v) is 9.18. The lowest BCUT2D eigenvalue weighted by molar-refractivity contribution is 0.171. The summed E-state index contributed by atoms with van der Waals surface area (Å²) in [5, 5.41) is 0. The van der Waals surface area contributed by atoms with Crippen molar-refractivity contribution in [1.82, 2.24) is 4.72 Å². The average Bonchev–Trinajstić information content (AvgIpc) is 3.15. The Morgan fingerprint density at radius 1 is 1.09 bits per heavy atom. The standard InChI is InChI=1S/C16H19NO4S/c18-22(19,17-10-13-8-11-1-2-12(13)7-11)14-3-4-15-16(9-14)21-6-5-20-15/h1-4,9,11-13,17H,5-8,10H2/t11-,12+,13+/m1/s1. The van der Waals surface area contributed by atoms with Crippen LogP contribution >= 0.6 is 0 Å². The van der Waals surface area contributed by atoms with Crippen molar-refractivity contribution < 1.29 is 17.9 Å². The van der Waals surface area contributed by atoms with Crippen LogP contribution in [0, 0.1) is 17.8 Å². The molecule has 2 bridgehead atoms. The van der Waals surface area contributed by atoms with Crippen LogP contribution in [0.4, 0.5) is 0 Å². The van der Waals surface area contributed by atoms with E-state index in [2.05, 4.69) is 16.9 Å². The second-order valence-corrected chi connectivity index (χ2v) is 7.96. The van der Waals surface area contributed by atoms with Crippen LogP contribution in [0.25, 0.3) is 0 Å². The Kier molecular flexibility index (Phi) is 3.38. The molecular formula is C16H19NO4S. The Labute approximate surface area is 130 Å². The Morgan fingerprint density at radius 2 is 1.91 bits per heavy atom. The first kappa shape index (κ1) is 14.1. The van der Waals surface area contributed by atoms with Crippen LogP contribution in [-0.2, 0) is 10.0 Å². The number of allylic oxidation sites excluding steroid dienone is 2. The molecule has 1 heterocycles. The fourth-order valence-corrected chi connectivity index (χ4v) is 4.73. The Morgan fingerprint density at radius 3 is 2.64 bits per heavy atom. The fraction of sp³-hybridized carbons (Fsp3) is 0.500. The average molecular weight is 321 g/mol. The molecule has 1 fully saturated rings. The zero-order valence-corrected chi connectivity index (χ0v) is 13.0. The number of ether oxygens (including phenoxy) is 2. The molecule has 22 heavy (non-hydrogen) atoms. The highest BCUT2D eigenvalue weighted by Crippen LogP contribution is 2.43. The molecule has 4 rings (SSSR count). The van der Waals surface area contributed by atoms with Crippen LogP contribution in [0.3, 0.4) is 0 Å². The summed E-state index contributed by atoms with van der Waals surface area (Å²) in [4.78, 5) is 0.232. The molecule has 1 N–H and O–H groups in total. The van der Waals surface area contributed by atoms with Crippen molar-refractivity contribution in [2.75, 3.05) is 19.8 Å². The minimum atomic E-state index is -3.51. The molecule has 0 aromatic heterocycles. The van der Waals surface area contributed by atoms with Gasteiger partial charge in [-0.1, -0.05) is 12.2 Å². The first-order chi connectivity index (χ1) is 10.6. The van der Waals surface area contributed by atoms with E-state index in [1.807, 2.05) is 0 Å². The summed E-state index contributed by atoms with van der Waals surface area (Å²) in [5.74, 6) is 2.70. The molecule has 1 aromatic carbocycles. The molecule has 3 atom stereocenters. The van der Waals surface area contributed by atoms with Crippen molar-refractivity contribution >= 4 is 10.0 Å². The van der Waals surface area contributed by atoms with Crippen molar-refractivity contribution in [3.05, 3.63) is 30.4 Å². The molecule has 0 saturated heterocycles. The van der Waals surface area contributed by atoms with Crippen molar-refractivity contribution in [3.63, 3.8) is 0 Å². The maximum atomic E-state index is 12.5. The Hall–Kier alpha value is -1.53. The van der Waals surface area contributed by atoms with E-state index in [1.54, 1.807) is 12.1 Å². The smallest absolute Gasteiger partial charge is 0.240 e. The number of benzene rings is 1. The molecule has 6 heteroatoms. The van der Waals surface area contributed by atoms with E-state index < -0.39 is 10.0 Å². The second kappa shape index (κ2) is 5.28. The lowest BCUT2D eigenvalue weighted by atomic mass is 9.94. The number of hydrogen-bond acceptors (Lipinski definition) is 4. The van der Waals surface area contributed by atoms with E-state index in [0.717, 1.165) is 6.42 Å². The van der Waals surface area contributed by atoms with Gasteiger partial charge in [0.05, 0.1) is 4.90 Å². The second-order valence-electron chi connectivity index (χ2n) is 6.20. The van der Waals surface area contributed by atoms with Crippen LogP contribution in [0.2, 0.25) is 0 Å². The van der Waals surface area contributed by atoms with Crippen LogP contribution in [0.1, 0.15) is 12.8 Å². The maximum Gasteiger partial charge on any atom is 0.240 e. The molecule has 1 aromatic rings. The third-order valence-corrected chi connectivity index (χ3v) is 6.20. The highest BCUT2D eigenvalue weighted by molar-refractivity contribution is 7.89. The van der Waals surface area contributed by atoms with Gasteiger partial charge >= 0.3 is 0 Å². The largest absolute Gasteiger partial charge is 0.486 e. The number of sulfonamides is 1. The van der Waals surface area contributed by atoms with Gasteiger partial charge in [-0.05, 0) is 42.7 Å². The zero-order chi connectivity index (χ0) is 15.2. The lowest BCUT2D eigenvalue weighted by Gasteiger charge is -2.20. The van der Waals surface area contributed by atoms with Gasteiger partial charge in [0.2, 0.25) is 10.0 Å². The molecule has 2 aliphatic carbocycles. The van der Waals surface area contributed by atoms with E-state index >= 15 is 0 Å². The van der Waals surface area contributed by atoms with Gasteiger partial charge in [0, 0.05) is 12.6 Å². The van der Waals surface area contributed by atoms with Gasteiger partial charge in [0.15, 0.2) is 11.5 Å². The number of hydrogen-bond donors (Lipinski definition) is 1. The number of fused-ring (bicyclic) bond motifs is 3. The lowest BCUT2D eigenvalue weighted by Crippen LogP contribution is -2.31. The topological polar surface area (TPSA) is 64.6 Å². The van der Waals surface area contributed by atoms with Gasteiger partial charge in [0.25, 0.3) is 0 Å². The molecule has 1 saturated carbocycles. The normalized spacial score (nSPS) is 29.0. The third-order valence-electron chi connectivity index (χ3n) is 4.78. The number of nitrogens with one attached hydrogen (secondary N) is 1. The zero-order valence-electron chi connectivity index (χ0n) is 12.2. The van der Waals surface area contributed by atoms with Crippen LogP contribution in [0.15, 0.2) is 35.2 Å². The summed E-state index contributed by atoms with van der Waals surface area (Å²) in [7, 11) is -3.51. The van der Waals surface area contributed by atoms with Gasteiger partial charge < -0.3 is 9.47 Å². The molecule has 5 nitrogen and oxygen atoms in total. The van der Waals surface area contributed by atoms with Crippen LogP contribution < -0.4 is 14.2 Å². The predicted octanol–water partition coefficient (Wildman–Crippen LogP) is 1.95. The van der Waals surface area contributed by atoms with Crippen LogP contribution in [-0.4, -0.2) is 28.2 Å². The monoisotopic (exact) mass is 321 g/mol. The predicted molar refractivity (Wildman–Crippen MR) is 81.5 cm³/mol. The van der Waals surface area contributed by atoms with E-state index in [-0.39, 0.29) is 4.90 Å². The van der Waals surface area contributed by atoms with Crippen LogP contribution in [0.5, 0.6) is 11.5 Å². The third kappa shape index (κ3) is 2.50. The summed E-state index contributed by atoms with van der Waals surface area (Å²) in [5.41, 5.74) is 0. The van der Waals surface area contributed by atoms with Gasteiger partial charge in [-0.25, -0.2) is 13.1 Å². The summed E-state index contributed by atoms with van der Waals surface area (Å²) in [6.07, 6.45) is 6.76. The van der Waals surface area contributed by atoms with Gasteiger partial charge in [-0.3, -0.25) is 0 Å². The highest BCUT2D eigenvalue weighted by atomic mass is 32.2. The molecule has 0 radical (unpaired) electrons. The molecule has 118 valence electrons. The first-order valence-electron chi connectivity index (χ1n) is 7.69. The quantitative estimate of drug-likeness (QED) is 0.861. The summed E-state index contributed by atoms with van der Waals surface area (Å²) < 4.78 is 38.5. The molecule has 0 unspecified atom stereocenters. The minimum Gasteiger partial charge on any atom is -0.486 e. The molecule has 3 aliphatic rings. The SMILES string of the molecule is O=S(=O)(NC[C@@H]1C[C@@H]2C=C[C@H]1C2)c1ccc2c(c1)OCCO2. The van der Waals surface area contributed by atoms with Gasteiger partial charge in [0.1, 0.15) is 13.2 Å². The van der Waals surface area contributed by atoms with Crippen molar-refractivity contribution in [2.45, 2.75) is 17.7 Å². The summed E-state index contributed by atoms with van der Waals surface area (Å²) in [6.45, 7) is 1.44. The van der Waals surface area contributed by atoms with Gasteiger partial charge in [-0.2, -0.15) is 0 Å². The van der Waals surface area contributed by atoms with E-state index in [0.29, 0.717) is 49.0 Å². The van der Waals surface area contributed by atoms with Crippen molar-refractivity contribution in [2.24, 2.45) is 17.8 Å². The number of rotatable bonds is 4. The Balaban J connectivity index is 1.47. The summed E-state index contributed by atoms with van der Waals surface area (Å²) in [6, 6.07) is 4.76. The van der Waals surface area contributed by atoms with E-state index in [4.69, 9.17) is 9.47 Å². The maximum absolute atomic E-state index is 12.5. The van der Waals surface area contributed by atoms with E-state index in [1.165, 1.54) is 12.5 Å². The van der Waals surface area contributed by atoms with Gasteiger partial charge in [-0.15, -0.1) is 0 Å². The minimum absolute atomic E-state index is 0.232. The molecule has 0 amide bonds. The summed E-state index contributed by atoms with van der Waals surface area (Å²) >= 11 is 0. The highest BCUT2D eigenvalue weighted by Gasteiger charge is 2.36.